The van der Waals surface area contributed by atoms with Crippen LogP contribution in [0.4, 0.5) is 14.5 Å². The summed E-state index contributed by atoms with van der Waals surface area (Å²) in [5.74, 6) is -1.13. The van der Waals surface area contributed by atoms with E-state index in [9.17, 15) is 18.4 Å². The lowest BCUT2D eigenvalue weighted by atomic mass is 10.0. The molecule has 5 aromatic heterocycles. The van der Waals surface area contributed by atoms with Crippen molar-refractivity contribution in [2.75, 3.05) is 5.32 Å². The number of furan rings is 1. The Bertz CT molecular complexity index is 1900. The molecule has 0 aliphatic rings. The molecular weight excluding hydrogens is 526 g/mol. The lowest BCUT2D eigenvalue weighted by Crippen LogP contribution is -2.17. The summed E-state index contributed by atoms with van der Waals surface area (Å²) < 4.78 is 34.5. The monoisotopic (exact) mass is 544 g/mol. The number of hydrogen-bond donors (Lipinski definition) is 2. The third kappa shape index (κ3) is 4.30. The molecule has 9 nitrogen and oxygen atoms in total. The average Bonchev–Trinajstić information content (AvgIpc) is 3.68. The Kier molecular flexibility index (Phi) is 5.88. The maximum atomic E-state index is 13.8. The first-order valence-corrected chi connectivity index (χ1v) is 12.4. The molecule has 0 radical (unpaired) electrons. The minimum atomic E-state index is -2.87. The fourth-order valence-electron chi connectivity index (χ4n) is 4.39. The fraction of sp³-hybridized carbons (Fsp3) is 0.0741. The van der Waals surface area contributed by atoms with Gasteiger partial charge in [-0.1, -0.05) is 18.2 Å². The number of pyridine rings is 2. The van der Waals surface area contributed by atoms with Crippen LogP contribution in [0.3, 0.4) is 0 Å². The van der Waals surface area contributed by atoms with E-state index in [2.05, 4.69) is 20.4 Å². The molecule has 0 saturated heterocycles. The van der Waals surface area contributed by atoms with Crippen LogP contribution >= 0.6 is 11.3 Å². The summed E-state index contributed by atoms with van der Waals surface area (Å²) in [6, 6.07) is 13.1. The van der Waals surface area contributed by atoms with Crippen LogP contribution in [0, 0.1) is 0 Å². The number of alkyl halides is 2. The minimum absolute atomic E-state index is 0.0316. The van der Waals surface area contributed by atoms with Crippen molar-refractivity contribution < 1.29 is 22.8 Å². The molecule has 0 unspecified atom stereocenters. The summed E-state index contributed by atoms with van der Waals surface area (Å²) >= 11 is 0.820. The lowest BCUT2D eigenvalue weighted by molar-refractivity contribution is 0.100. The third-order valence-corrected chi connectivity index (χ3v) is 7.21. The largest absolute Gasteiger partial charge is 0.464 e. The van der Waals surface area contributed by atoms with E-state index < -0.39 is 23.9 Å². The van der Waals surface area contributed by atoms with Crippen LogP contribution in [-0.2, 0) is 7.05 Å². The number of nitrogens with zero attached hydrogens (tertiary/aromatic N) is 4. The van der Waals surface area contributed by atoms with Gasteiger partial charge in [-0.3, -0.25) is 14.3 Å². The first-order chi connectivity index (χ1) is 18.8. The number of rotatable bonds is 6. The van der Waals surface area contributed by atoms with Gasteiger partial charge < -0.3 is 15.5 Å². The number of benzene rings is 1. The first kappa shape index (κ1) is 24.4. The topological polar surface area (TPSA) is 129 Å². The minimum Gasteiger partial charge on any atom is -0.464 e. The van der Waals surface area contributed by atoms with Gasteiger partial charge in [-0.15, -0.1) is 11.3 Å². The Labute approximate surface area is 222 Å². The Morgan fingerprint density at radius 1 is 1.13 bits per heavy atom. The Morgan fingerprint density at radius 2 is 1.95 bits per heavy atom. The number of aryl methyl sites for hydroxylation is 1. The molecule has 1 aromatic carbocycles. The molecule has 2 amide bonds. The highest BCUT2D eigenvalue weighted by Gasteiger charge is 2.26. The molecule has 194 valence electrons. The number of carbonyl (C=O) groups is 2. The summed E-state index contributed by atoms with van der Waals surface area (Å²) in [6.45, 7) is 0. The van der Waals surface area contributed by atoms with Gasteiger partial charge in [0, 0.05) is 35.1 Å². The predicted molar refractivity (Wildman–Crippen MR) is 143 cm³/mol. The van der Waals surface area contributed by atoms with Crippen LogP contribution in [0.1, 0.15) is 32.1 Å². The van der Waals surface area contributed by atoms with Gasteiger partial charge in [0.1, 0.15) is 21.2 Å². The van der Waals surface area contributed by atoms with E-state index in [-0.39, 0.29) is 37.7 Å². The quantitative estimate of drug-likeness (QED) is 0.273. The highest BCUT2D eigenvalue weighted by molar-refractivity contribution is 7.21. The van der Waals surface area contributed by atoms with Crippen LogP contribution in [0.5, 0.6) is 0 Å². The number of fused-ring (bicyclic) bond motifs is 2. The van der Waals surface area contributed by atoms with Gasteiger partial charge in [0.2, 0.25) is 0 Å². The van der Waals surface area contributed by atoms with Crippen LogP contribution < -0.4 is 11.1 Å². The molecule has 12 heteroatoms. The Morgan fingerprint density at radius 3 is 2.64 bits per heavy atom. The predicted octanol–water partition coefficient (Wildman–Crippen LogP) is 5.79. The number of para-hydroxylation sites is 1. The van der Waals surface area contributed by atoms with Gasteiger partial charge in [-0.05, 0) is 30.3 Å². The van der Waals surface area contributed by atoms with Crippen molar-refractivity contribution in [1.29, 1.82) is 0 Å². The van der Waals surface area contributed by atoms with E-state index in [1.54, 1.807) is 60.5 Å². The number of nitrogens with two attached hydrogens (primary N) is 1. The number of primary amides is 1. The molecule has 0 atom stereocenters. The van der Waals surface area contributed by atoms with Crippen molar-refractivity contribution in [3.63, 3.8) is 0 Å². The second kappa shape index (κ2) is 9.40. The van der Waals surface area contributed by atoms with Crippen molar-refractivity contribution in [2.24, 2.45) is 12.8 Å². The molecule has 3 N–H and O–H groups in total. The number of nitrogens with one attached hydrogen (secondary N) is 1. The number of halogens is 2. The Balaban J connectivity index is 1.54. The summed E-state index contributed by atoms with van der Waals surface area (Å²) in [4.78, 5) is 35.1. The van der Waals surface area contributed by atoms with E-state index in [4.69, 9.17) is 10.2 Å². The number of thiophene rings is 1. The van der Waals surface area contributed by atoms with E-state index in [1.165, 1.54) is 12.3 Å². The standard InChI is InChI=1S/C27H18F2N6O3S/c1-35-12-13(11-31-35)18-9-15(14-5-2-3-6-17(14)32-18)26(37)34-22-21-16(20-7-4-8-38-20)10-19(24(28)29)33-27(21)39-23(22)25(30)36/h2-12,24H,1H3,(H2,30,36)(H,34,37). The summed E-state index contributed by atoms with van der Waals surface area (Å²) in [5.41, 5.74) is 7.56. The SMILES string of the molecule is Cn1cc(-c2cc(C(=O)Nc3c(C(N)=O)sc4nc(C(F)F)cc(-c5ccco5)c34)c3ccccc3n2)cn1. The van der Waals surface area contributed by atoms with Gasteiger partial charge in [0.05, 0.1) is 34.9 Å². The third-order valence-electron chi connectivity index (χ3n) is 6.12. The Hall–Kier alpha value is -4.97. The molecule has 0 bridgehead atoms. The van der Waals surface area contributed by atoms with E-state index in [1.807, 2.05) is 6.07 Å². The summed E-state index contributed by atoms with van der Waals surface area (Å²) in [7, 11) is 1.77. The van der Waals surface area contributed by atoms with Gasteiger partial charge >= 0.3 is 0 Å². The molecule has 0 fully saturated rings. The molecule has 6 aromatic rings. The molecule has 0 aliphatic heterocycles. The molecule has 0 aliphatic carbocycles. The zero-order valence-corrected chi connectivity index (χ0v) is 21.0. The highest BCUT2D eigenvalue weighted by Crippen LogP contribution is 2.43. The average molecular weight is 545 g/mol. The van der Waals surface area contributed by atoms with E-state index in [0.717, 1.165) is 11.3 Å². The van der Waals surface area contributed by atoms with Crippen LogP contribution in [0.15, 0.2) is 71.6 Å². The van der Waals surface area contributed by atoms with Crippen LogP contribution in [-0.4, -0.2) is 31.6 Å². The molecular formula is C27H18F2N6O3S. The van der Waals surface area contributed by atoms with Gasteiger partial charge in [-0.2, -0.15) is 5.10 Å². The molecule has 39 heavy (non-hydrogen) atoms. The van der Waals surface area contributed by atoms with Crippen LogP contribution in [0.25, 0.3) is 43.7 Å². The van der Waals surface area contributed by atoms with Crippen molar-refractivity contribution in [3.05, 3.63) is 83.3 Å². The maximum absolute atomic E-state index is 13.8. The summed E-state index contributed by atoms with van der Waals surface area (Å²) in [5, 5.41) is 7.84. The maximum Gasteiger partial charge on any atom is 0.280 e. The number of carbonyl (C=O) groups excluding carboxylic acids is 2. The summed E-state index contributed by atoms with van der Waals surface area (Å²) in [6.07, 6.45) is 1.94. The number of amides is 2. The second-order valence-corrected chi connectivity index (χ2v) is 9.65. The van der Waals surface area contributed by atoms with E-state index >= 15 is 0 Å². The second-order valence-electron chi connectivity index (χ2n) is 8.65. The van der Waals surface area contributed by atoms with Gasteiger partial charge in [-0.25, -0.2) is 18.7 Å². The van der Waals surface area contributed by atoms with Crippen molar-refractivity contribution in [1.82, 2.24) is 19.7 Å². The normalized spacial score (nSPS) is 11.5. The number of anilines is 1. The molecule has 5 heterocycles. The molecule has 0 saturated carbocycles. The van der Waals surface area contributed by atoms with E-state index in [0.29, 0.717) is 22.2 Å². The first-order valence-electron chi connectivity index (χ1n) is 11.6. The van der Waals surface area contributed by atoms with Crippen molar-refractivity contribution in [3.8, 4) is 22.6 Å². The molecule has 6 rings (SSSR count). The van der Waals surface area contributed by atoms with Crippen molar-refractivity contribution in [2.45, 2.75) is 6.43 Å². The van der Waals surface area contributed by atoms with Crippen molar-refractivity contribution >= 4 is 50.0 Å². The number of aromatic nitrogens is 4. The van der Waals surface area contributed by atoms with Gasteiger partial charge in [0.15, 0.2) is 0 Å². The number of hydrogen-bond acceptors (Lipinski definition) is 7. The smallest absolute Gasteiger partial charge is 0.280 e. The zero-order valence-electron chi connectivity index (χ0n) is 20.2. The fourth-order valence-corrected chi connectivity index (χ4v) is 5.41. The van der Waals surface area contributed by atoms with Crippen LogP contribution in [0.2, 0.25) is 0 Å². The highest BCUT2D eigenvalue weighted by atomic mass is 32.1. The zero-order chi connectivity index (χ0) is 27.3. The van der Waals surface area contributed by atoms with Gasteiger partial charge in [0.25, 0.3) is 18.2 Å². The lowest BCUT2D eigenvalue weighted by Gasteiger charge is -2.12. The molecule has 0 spiro atoms.